The van der Waals surface area contributed by atoms with Crippen molar-refractivity contribution >= 4 is 10.9 Å². The molecule has 22 heavy (non-hydrogen) atoms. The smallest absolute Gasteiger partial charge is 0.123 e. The van der Waals surface area contributed by atoms with Crippen LogP contribution >= 0.6 is 0 Å². The monoisotopic (exact) mass is 301 g/mol. The minimum atomic E-state index is 0.354. The highest BCUT2D eigenvalue weighted by Gasteiger charge is 2.22. The molecule has 1 fully saturated rings. The molecule has 1 heterocycles. The van der Waals surface area contributed by atoms with Gasteiger partial charge in [-0.05, 0) is 57.7 Å². The fourth-order valence-corrected chi connectivity index (χ4v) is 3.31. The van der Waals surface area contributed by atoms with Gasteiger partial charge in [-0.3, -0.25) is 5.10 Å². The van der Waals surface area contributed by atoms with E-state index in [1.807, 2.05) is 6.20 Å². The molecule has 1 saturated carbocycles. The molecule has 3 rings (SSSR count). The highest BCUT2D eigenvalue weighted by Crippen LogP contribution is 2.29. The molecule has 0 radical (unpaired) electrons. The number of nitrogens with zero attached hydrogens (tertiary/aromatic N) is 1. The number of benzene rings is 1. The first kappa shape index (κ1) is 15.3. The summed E-state index contributed by atoms with van der Waals surface area (Å²) >= 11 is 0. The number of rotatable bonds is 6. The van der Waals surface area contributed by atoms with Gasteiger partial charge < -0.3 is 10.1 Å². The number of ether oxygens (including phenoxy) is 1. The normalized spacial score (nSPS) is 22.1. The van der Waals surface area contributed by atoms with E-state index in [0.717, 1.165) is 36.0 Å². The van der Waals surface area contributed by atoms with Crippen molar-refractivity contribution in [3.63, 3.8) is 0 Å². The zero-order valence-electron chi connectivity index (χ0n) is 13.7. The third kappa shape index (κ3) is 3.43. The summed E-state index contributed by atoms with van der Waals surface area (Å²) in [6.45, 7) is 5.51. The average Bonchev–Trinajstić information content (AvgIpc) is 3.01. The van der Waals surface area contributed by atoms with Gasteiger partial charge in [-0.15, -0.1) is 0 Å². The van der Waals surface area contributed by atoms with Crippen LogP contribution in [0, 0.1) is 6.92 Å². The third-order valence-electron chi connectivity index (χ3n) is 4.77. The van der Waals surface area contributed by atoms with Crippen LogP contribution in [0.25, 0.3) is 10.9 Å². The van der Waals surface area contributed by atoms with E-state index in [-0.39, 0.29) is 0 Å². The highest BCUT2D eigenvalue weighted by atomic mass is 16.5. The Morgan fingerprint density at radius 1 is 1.27 bits per heavy atom. The van der Waals surface area contributed by atoms with Crippen molar-refractivity contribution in [3.8, 4) is 5.75 Å². The number of aromatic nitrogens is 2. The Labute approximate surface area is 132 Å². The molecule has 2 aromatic rings. The van der Waals surface area contributed by atoms with E-state index in [1.165, 1.54) is 31.2 Å². The lowest BCUT2D eigenvalue weighted by atomic mass is 9.92. The SMILES string of the molecule is CCCCNC1CCC(Oc2ccc3[nH]ncc3c2C)CC1. The van der Waals surface area contributed by atoms with Gasteiger partial charge in [0.15, 0.2) is 0 Å². The summed E-state index contributed by atoms with van der Waals surface area (Å²) in [5.41, 5.74) is 2.27. The first-order valence-electron chi connectivity index (χ1n) is 8.60. The molecule has 0 aliphatic heterocycles. The van der Waals surface area contributed by atoms with Crippen LogP contribution in [-0.2, 0) is 0 Å². The summed E-state index contributed by atoms with van der Waals surface area (Å²) in [7, 11) is 0. The van der Waals surface area contributed by atoms with Gasteiger partial charge in [-0.1, -0.05) is 13.3 Å². The fraction of sp³-hybridized carbons (Fsp3) is 0.611. The predicted molar refractivity (Wildman–Crippen MR) is 90.4 cm³/mol. The van der Waals surface area contributed by atoms with Gasteiger partial charge in [-0.25, -0.2) is 0 Å². The van der Waals surface area contributed by atoms with E-state index in [2.05, 4.69) is 41.5 Å². The van der Waals surface area contributed by atoms with Crippen molar-refractivity contribution < 1.29 is 4.74 Å². The lowest BCUT2D eigenvalue weighted by molar-refractivity contribution is 0.139. The van der Waals surface area contributed by atoms with Crippen molar-refractivity contribution in [1.82, 2.24) is 15.5 Å². The van der Waals surface area contributed by atoms with Crippen molar-refractivity contribution in [1.29, 1.82) is 0 Å². The second kappa shape index (κ2) is 7.14. The van der Waals surface area contributed by atoms with Crippen molar-refractivity contribution in [3.05, 3.63) is 23.9 Å². The van der Waals surface area contributed by atoms with E-state index < -0.39 is 0 Å². The lowest BCUT2D eigenvalue weighted by Gasteiger charge is -2.30. The molecule has 4 nitrogen and oxygen atoms in total. The quantitative estimate of drug-likeness (QED) is 0.794. The van der Waals surface area contributed by atoms with Crippen LogP contribution in [0.5, 0.6) is 5.75 Å². The largest absolute Gasteiger partial charge is 0.490 e. The molecule has 0 bridgehead atoms. The summed E-state index contributed by atoms with van der Waals surface area (Å²) in [5, 5.41) is 11.9. The summed E-state index contributed by atoms with van der Waals surface area (Å²) in [6, 6.07) is 4.81. The molecule has 2 N–H and O–H groups in total. The predicted octanol–water partition coefficient (Wildman–Crippen LogP) is 3.95. The molecule has 0 spiro atoms. The number of aryl methyl sites for hydroxylation is 1. The molecular formula is C18H27N3O. The van der Waals surface area contributed by atoms with Gasteiger partial charge in [0.1, 0.15) is 5.75 Å². The number of aromatic amines is 1. The molecule has 1 aromatic heterocycles. The van der Waals surface area contributed by atoms with E-state index in [9.17, 15) is 0 Å². The van der Waals surface area contributed by atoms with Crippen LogP contribution in [0.15, 0.2) is 18.3 Å². The number of nitrogens with one attached hydrogen (secondary N) is 2. The molecule has 0 unspecified atom stereocenters. The van der Waals surface area contributed by atoms with E-state index in [1.54, 1.807) is 0 Å². The van der Waals surface area contributed by atoms with Crippen LogP contribution < -0.4 is 10.1 Å². The average molecular weight is 301 g/mol. The van der Waals surface area contributed by atoms with Crippen LogP contribution in [0.2, 0.25) is 0 Å². The molecule has 0 amide bonds. The third-order valence-corrected chi connectivity index (χ3v) is 4.77. The second-order valence-electron chi connectivity index (χ2n) is 6.42. The van der Waals surface area contributed by atoms with Crippen LogP contribution in [0.4, 0.5) is 0 Å². The second-order valence-corrected chi connectivity index (χ2v) is 6.42. The molecule has 0 atom stereocenters. The first-order valence-corrected chi connectivity index (χ1v) is 8.60. The number of unbranched alkanes of at least 4 members (excludes halogenated alkanes) is 1. The maximum atomic E-state index is 6.27. The minimum Gasteiger partial charge on any atom is -0.490 e. The van der Waals surface area contributed by atoms with Gasteiger partial charge in [0.2, 0.25) is 0 Å². The van der Waals surface area contributed by atoms with E-state index in [4.69, 9.17) is 4.74 Å². The summed E-state index contributed by atoms with van der Waals surface area (Å²) in [6.07, 6.45) is 9.52. The van der Waals surface area contributed by atoms with Crippen molar-refractivity contribution in [2.24, 2.45) is 0 Å². The Kier molecular flexibility index (Phi) is 4.98. The van der Waals surface area contributed by atoms with Gasteiger partial charge in [0, 0.05) is 17.0 Å². The molecule has 1 aromatic carbocycles. The van der Waals surface area contributed by atoms with E-state index in [0.29, 0.717) is 12.1 Å². The maximum absolute atomic E-state index is 6.27. The molecular weight excluding hydrogens is 274 g/mol. The fourth-order valence-electron chi connectivity index (χ4n) is 3.31. The number of fused-ring (bicyclic) bond motifs is 1. The zero-order chi connectivity index (χ0) is 15.4. The maximum Gasteiger partial charge on any atom is 0.123 e. The Hall–Kier alpha value is -1.55. The number of H-pyrrole nitrogens is 1. The summed E-state index contributed by atoms with van der Waals surface area (Å²) in [5.74, 6) is 1.01. The first-order chi connectivity index (χ1) is 10.8. The van der Waals surface area contributed by atoms with Crippen LogP contribution in [-0.4, -0.2) is 28.9 Å². The van der Waals surface area contributed by atoms with Gasteiger partial charge >= 0.3 is 0 Å². The van der Waals surface area contributed by atoms with Gasteiger partial charge in [0.25, 0.3) is 0 Å². The Morgan fingerprint density at radius 3 is 2.86 bits per heavy atom. The molecule has 1 aliphatic rings. The van der Waals surface area contributed by atoms with Gasteiger partial charge in [0.05, 0.1) is 17.8 Å². The van der Waals surface area contributed by atoms with E-state index >= 15 is 0 Å². The molecule has 0 saturated heterocycles. The highest BCUT2D eigenvalue weighted by molar-refractivity contribution is 5.83. The van der Waals surface area contributed by atoms with Crippen LogP contribution in [0.1, 0.15) is 51.0 Å². The summed E-state index contributed by atoms with van der Waals surface area (Å²) in [4.78, 5) is 0. The van der Waals surface area contributed by atoms with Crippen molar-refractivity contribution in [2.75, 3.05) is 6.54 Å². The van der Waals surface area contributed by atoms with Gasteiger partial charge in [-0.2, -0.15) is 5.10 Å². The minimum absolute atomic E-state index is 0.354. The molecule has 120 valence electrons. The topological polar surface area (TPSA) is 49.9 Å². The molecule has 1 aliphatic carbocycles. The lowest BCUT2D eigenvalue weighted by Crippen LogP contribution is -2.36. The van der Waals surface area contributed by atoms with Crippen molar-refractivity contribution in [2.45, 2.75) is 64.5 Å². The van der Waals surface area contributed by atoms with Crippen LogP contribution in [0.3, 0.4) is 0 Å². The Balaban J connectivity index is 1.54. The summed E-state index contributed by atoms with van der Waals surface area (Å²) < 4.78 is 6.27. The Bertz CT molecular complexity index is 599. The zero-order valence-corrected chi connectivity index (χ0v) is 13.7. The molecule has 4 heteroatoms. The number of hydrogen-bond acceptors (Lipinski definition) is 3. The standard InChI is InChI=1S/C18H27N3O/c1-3-4-11-19-14-5-7-15(8-6-14)22-18-10-9-17-16(13(18)2)12-20-21-17/h9-10,12,14-15,19H,3-8,11H2,1-2H3,(H,20,21). The Morgan fingerprint density at radius 2 is 2.09 bits per heavy atom. The number of hydrogen-bond donors (Lipinski definition) is 2.